The van der Waals surface area contributed by atoms with Crippen LogP contribution in [-0.2, 0) is 12.8 Å². The van der Waals surface area contributed by atoms with Crippen molar-refractivity contribution in [3.63, 3.8) is 0 Å². The number of rotatable bonds is 8. The molecule has 0 saturated carbocycles. The van der Waals surface area contributed by atoms with Crippen molar-refractivity contribution in [2.75, 3.05) is 20.1 Å². The molecule has 0 aromatic heterocycles. The van der Waals surface area contributed by atoms with Gasteiger partial charge in [-0.05, 0) is 17.5 Å². The lowest BCUT2D eigenvalue weighted by atomic mass is 9.80. The zero-order valence-corrected chi connectivity index (χ0v) is 18.9. The van der Waals surface area contributed by atoms with Gasteiger partial charge in [0, 0.05) is 25.7 Å². The molecule has 2 nitrogen and oxygen atoms in total. The highest BCUT2D eigenvalue weighted by molar-refractivity contribution is 5.22. The quantitative estimate of drug-likeness (QED) is 0.451. The maximum atomic E-state index is 12.0. The maximum absolute atomic E-state index is 12.0. The second-order valence-electron chi connectivity index (χ2n) is 8.37. The average molecular weight is 479 g/mol. The third-order valence-corrected chi connectivity index (χ3v) is 6.25. The molecule has 1 aliphatic heterocycles. The molecule has 0 spiro atoms. The molecule has 3 rings (SSSR count). The lowest BCUT2D eigenvalue weighted by Crippen LogP contribution is -3.00. The van der Waals surface area contributed by atoms with Crippen molar-refractivity contribution in [3.05, 3.63) is 71.8 Å². The summed E-state index contributed by atoms with van der Waals surface area (Å²) in [7, 11) is 2.37. The molecule has 1 N–H and O–H groups in total. The SMILES string of the molecule is CCCC[N+]1(C)CCCC1C(O)(Cc1ccccc1)Cc1ccccc1.[I-]. The Labute approximate surface area is 182 Å². The Kier molecular flexibility index (Phi) is 8.32. The van der Waals surface area contributed by atoms with Gasteiger partial charge in [-0.1, -0.05) is 74.0 Å². The molecule has 1 heterocycles. The van der Waals surface area contributed by atoms with Crippen molar-refractivity contribution in [1.29, 1.82) is 0 Å². The normalized spacial score (nSPS) is 22.4. The molecule has 1 aliphatic rings. The Morgan fingerprint density at radius 2 is 1.48 bits per heavy atom. The van der Waals surface area contributed by atoms with Crippen LogP contribution in [0.3, 0.4) is 0 Å². The van der Waals surface area contributed by atoms with E-state index in [9.17, 15) is 5.11 Å². The molecule has 0 bridgehead atoms. The molecule has 0 amide bonds. The number of likely N-dealkylation sites (tertiary alicyclic amines) is 1. The minimum atomic E-state index is -0.707. The number of benzene rings is 2. The summed E-state index contributed by atoms with van der Waals surface area (Å²) in [4.78, 5) is 0. The van der Waals surface area contributed by atoms with Crippen molar-refractivity contribution >= 4 is 0 Å². The minimum absolute atomic E-state index is 0. The van der Waals surface area contributed by atoms with Gasteiger partial charge < -0.3 is 33.6 Å². The molecule has 2 aromatic rings. The average Bonchev–Trinajstić information content (AvgIpc) is 3.04. The predicted molar refractivity (Wildman–Crippen MR) is 109 cm³/mol. The van der Waals surface area contributed by atoms with Crippen LogP contribution in [0, 0.1) is 0 Å². The molecule has 0 radical (unpaired) electrons. The number of hydrogen-bond donors (Lipinski definition) is 1. The van der Waals surface area contributed by atoms with Gasteiger partial charge in [0.2, 0.25) is 0 Å². The van der Waals surface area contributed by atoms with Crippen LogP contribution in [-0.4, -0.2) is 41.4 Å². The second kappa shape index (κ2) is 10.0. The number of hydrogen-bond acceptors (Lipinski definition) is 1. The fourth-order valence-corrected chi connectivity index (χ4v) is 4.95. The summed E-state index contributed by atoms with van der Waals surface area (Å²) in [5, 5.41) is 12.0. The number of unbranched alkanes of at least 4 members (excludes halogenated alkanes) is 1. The van der Waals surface area contributed by atoms with Crippen LogP contribution >= 0.6 is 0 Å². The number of nitrogens with zero attached hydrogens (tertiary/aromatic N) is 1. The monoisotopic (exact) mass is 479 g/mol. The maximum Gasteiger partial charge on any atom is 0.124 e. The molecular weight excluding hydrogens is 445 g/mol. The first kappa shape index (κ1) is 22.4. The summed E-state index contributed by atoms with van der Waals surface area (Å²) in [6.45, 7) is 4.63. The number of quaternary nitrogens is 1. The fraction of sp³-hybridized carbons (Fsp3) is 0.500. The Morgan fingerprint density at radius 1 is 0.963 bits per heavy atom. The van der Waals surface area contributed by atoms with E-state index < -0.39 is 5.60 Å². The lowest BCUT2D eigenvalue weighted by Gasteiger charge is -2.45. The first-order valence-electron chi connectivity index (χ1n) is 10.2. The highest BCUT2D eigenvalue weighted by Crippen LogP contribution is 2.37. The minimum Gasteiger partial charge on any atom is -1.00 e. The van der Waals surface area contributed by atoms with Crippen molar-refractivity contribution in [3.8, 4) is 0 Å². The molecule has 27 heavy (non-hydrogen) atoms. The molecule has 2 unspecified atom stereocenters. The Balaban J connectivity index is 0.00000261. The number of halogens is 1. The Bertz CT molecular complexity index is 634. The third kappa shape index (κ3) is 5.55. The summed E-state index contributed by atoms with van der Waals surface area (Å²) in [5.74, 6) is 0. The van der Waals surface area contributed by atoms with E-state index in [1.807, 2.05) is 0 Å². The van der Waals surface area contributed by atoms with Crippen LogP contribution in [0.4, 0.5) is 0 Å². The first-order valence-corrected chi connectivity index (χ1v) is 10.2. The number of aliphatic hydroxyl groups is 1. The summed E-state index contributed by atoms with van der Waals surface area (Å²) in [5.41, 5.74) is 1.77. The van der Waals surface area contributed by atoms with E-state index in [1.165, 1.54) is 43.5 Å². The first-order chi connectivity index (χ1) is 12.6. The highest BCUT2D eigenvalue weighted by Gasteiger charge is 2.50. The molecule has 1 saturated heterocycles. The van der Waals surface area contributed by atoms with Gasteiger partial charge in [-0.15, -0.1) is 0 Å². The Hall–Kier alpha value is -0.910. The molecule has 0 aliphatic carbocycles. The zero-order valence-electron chi connectivity index (χ0n) is 16.8. The third-order valence-electron chi connectivity index (χ3n) is 6.25. The molecule has 148 valence electrons. The van der Waals surface area contributed by atoms with Gasteiger partial charge in [-0.3, -0.25) is 0 Å². The smallest absolute Gasteiger partial charge is 0.124 e. The summed E-state index contributed by atoms with van der Waals surface area (Å²) in [6.07, 6.45) is 6.25. The standard InChI is InChI=1S/C24H34NO.HI/c1-3-4-17-25(2)18-11-16-23(25)24(26,19-21-12-7-5-8-13-21)20-22-14-9-6-10-15-22;/h5-10,12-15,23,26H,3-4,11,16-20H2,1-2H3;1H/q+1;/p-1. The van der Waals surface area contributed by atoms with E-state index in [4.69, 9.17) is 0 Å². The fourth-order valence-electron chi connectivity index (χ4n) is 4.95. The van der Waals surface area contributed by atoms with Crippen molar-refractivity contribution in [2.45, 2.75) is 57.1 Å². The van der Waals surface area contributed by atoms with Crippen LogP contribution in [0.2, 0.25) is 0 Å². The van der Waals surface area contributed by atoms with Crippen molar-refractivity contribution in [1.82, 2.24) is 0 Å². The molecule has 3 heteroatoms. The second-order valence-corrected chi connectivity index (χ2v) is 8.37. The summed E-state index contributed by atoms with van der Waals surface area (Å²) >= 11 is 0. The largest absolute Gasteiger partial charge is 1.00 e. The molecular formula is C24H34INO. The van der Waals surface area contributed by atoms with E-state index in [0.717, 1.165) is 23.7 Å². The molecule has 1 fully saturated rings. The van der Waals surface area contributed by atoms with Crippen molar-refractivity contribution < 1.29 is 33.6 Å². The summed E-state index contributed by atoms with van der Waals surface area (Å²) in [6, 6.07) is 21.3. The lowest BCUT2D eigenvalue weighted by molar-refractivity contribution is -0.928. The zero-order chi connectivity index (χ0) is 18.5. The van der Waals surface area contributed by atoms with Gasteiger partial charge >= 0.3 is 0 Å². The van der Waals surface area contributed by atoms with Crippen LogP contribution in [0.1, 0.15) is 43.7 Å². The van der Waals surface area contributed by atoms with Gasteiger partial charge in [0.25, 0.3) is 0 Å². The van der Waals surface area contributed by atoms with E-state index in [-0.39, 0.29) is 24.0 Å². The highest BCUT2D eigenvalue weighted by atomic mass is 127. The topological polar surface area (TPSA) is 20.2 Å². The van der Waals surface area contributed by atoms with Gasteiger partial charge in [0.05, 0.1) is 20.1 Å². The van der Waals surface area contributed by atoms with Crippen LogP contribution < -0.4 is 24.0 Å². The van der Waals surface area contributed by atoms with E-state index in [2.05, 4.69) is 74.6 Å². The molecule has 2 atom stereocenters. The Morgan fingerprint density at radius 3 is 1.96 bits per heavy atom. The van der Waals surface area contributed by atoms with Gasteiger partial charge in [0.1, 0.15) is 11.6 Å². The van der Waals surface area contributed by atoms with E-state index >= 15 is 0 Å². The van der Waals surface area contributed by atoms with Gasteiger partial charge in [-0.25, -0.2) is 0 Å². The van der Waals surface area contributed by atoms with Crippen molar-refractivity contribution in [2.24, 2.45) is 0 Å². The van der Waals surface area contributed by atoms with Gasteiger partial charge in [-0.2, -0.15) is 0 Å². The van der Waals surface area contributed by atoms with E-state index in [0.29, 0.717) is 6.04 Å². The van der Waals surface area contributed by atoms with Crippen LogP contribution in [0.5, 0.6) is 0 Å². The predicted octanol–water partition coefficient (Wildman–Crippen LogP) is 1.62. The molecule has 2 aromatic carbocycles. The van der Waals surface area contributed by atoms with Gasteiger partial charge in [0.15, 0.2) is 0 Å². The number of likely N-dealkylation sites (N-methyl/N-ethyl adjacent to an activating group) is 1. The van der Waals surface area contributed by atoms with Crippen LogP contribution in [0.15, 0.2) is 60.7 Å². The van der Waals surface area contributed by atoms with Crippen LogP contribution in [0.25, 0.3) is 0 Å². The summed E-state index contributed by atoms with van der Waals surface area (Å²) < 4.78 is 1.02. The van der Waals surface area contributed by atoms with E-state index in [1.54, 1.807) is 0 Å².